The summed E-state index contributed by atoms with van der Waals surface area (Å²) in [7, 11) is 0. The van der Waals surface area contributed by atoms with E-state index in [1.54, 1.807) is 23.1 Å². The van der Waals surface area contributed by atoms with Gasteiger partial charge in [-0.05, 0) is 34.7 Å². The summed E-state index contributed by atoms with van der Waals surface area (Å²) >= 11 is 8.98. The molecule has 4 heteroatoms. The van der Waals surface area contributed by atoms with Crippen LogP contribution in [-0.4, -0.2) is 11.4 Å². The normalized spacial score (nSPS) is 11.0. The fourth-order valence-corrected chi connectivity index (χ4v) is 3.16. The highest BCUT2D eigenvalue weighted by molar-refractivity contribution is 7.98. The molecule has 0 unspecified atom stereocenters. The highest BCUT2D eigenvalue weighted by Crippen LogP contribution is 2.36. The number of thiophene rings is 1. The van der Waals surface area contributed by atoms with E-state index in [1.165, 1.54) is 0 Å². The number of benzene rings is 1. The third-order valence-electron chi connectivity index (χ3n) is 2.10. The Balaban J connectivity index is 2.70. The lowest BCUT2D eigenvalue weighted by molar-refractivity contribution is 0.463. The Morgan fingerprint density at radius 2 is 2.29 bits per heavy atom. The Kier molecular flexibility index (Phi) is 2.91. The lowest BCUT2D eigenvalue weighted by Gasteiger charge is -2.01. The van der Waals surface area contributed by atoms with Gasteiger partial charge in [-0.15, -0.1) is 34.7 Å². The molecule has 0 radical (unpaired) electrons. The van der Waals surface area contributed by atoms with E-state index in [1.807, 2.05) is 23.8 Å². The lowest BCUT2D eigenvalue weighted by atomic mass is 10.2. The number of alkyl halides is 1. The first kappa shape index (κ1) is 10.1. The molecule has 2 aromatic rings. The van der Waals surface area contributed by atoms with Gasteiger partial charge in [0.25, 0.3) is 0 Å². The number of phenols is 1. The average Bonchev–Trinajstić information content (AvgIpc) is 2.58. The van der Waals surface area contributed by atoms with Crippen molar-refractivity contribution in [1.29, 1.82) is 0 Å². The fraction of sp³-hybridized carbons (Fsp3) is 0.200. The largest absolute Gasteiger partial charge is 0.507 e. The van der Waals surface area contributed by atoms with Crippen LogP contribution in [0, 0.1) is 0 Å². The predicted molar refractivity (Wildman–Crippen MR) is 64.8 cm³/mol. The van der Waals surface area contributed by atoms with Gasteiger partial charge < -0.3 is 5.11 Å². The molecular weight excluding hydrogens is 236 g/mol. The summed E-state index contributed by atoms with van der Waals surface area (Å²) in [6.45, 7) is 0. The first-order valence-electron chi connectivity index (χ1n) is 4.09. The highest BCUT2D eigenvalue weighted by Gasteiger charge is 2.07. The number of fused-ring (bicyclic) bond motifs is 1. The summed E-state index contributed by atoms with van der Waals surface area (Å²) in [6, 6.07) is 3.81. The van der Waals surface area contributed by atoms with Crippen molar-refractivity contribution in [3.05, 3.63) is 23.1 Å². The maximum Gasteiger partial charge on any atom is 0.130 e. The van der Waals surface area contributed by atoms with E-state index in [4.69, 9.17) is 11.6 Å². The molecule has 0 saturated heterocycles. The number of hydrogen-bond donors (Lipinski definition) is 1. The van der Waals surface area contributed by atoms with E-state index in [9.17, 15) is 5.11 Å². The van der Waals surface area contributed by atoms with Gasteiger partial charge in [-0.2, -0.15) is 0 Å². The predicted octanol–water partition coefficient (Wildman–Crippen LogP) is 4.07. The van der Waals surface area contributed by atoms with Crippen LogP contribution in [0.1, 0.15) is 5.56 Å². The van der Waals surface area contributed by atoms with Crippen LogP contribution in [0.2, 0.25) is 0 Å². The van der Waals surface area contributed by atoms with Gasteiger partial charge >= 0.3 is 0 Å². The standard InChI is InChI=1S/C10H9ClOS2/c1-13-10-2-7-6(4-11)5-14-9(7)3-8(10)12/h2-3,5,12H,4H2,1H3. The van der Waals surface area contributed by atoms with Crippen LogP contribution in [0.25, 0.3) is 10.1 Å². The molecule has 1 aromatic heterocycles. The van der Waals surface area contributed by atoms with Crippen molar-refractivity contribution in [2.24, 2.45) is 0 Å². The van der Waals surface area contributed by atoms with Crippen LogP contribution < -0.4 is 0 Å². The van der Waals surface area contributed by atoms with Crippen molar-refractivity contribution in [3.8, 4) is 5.75 Å². The van der Waals surface area contributed by atoms with Gasteiger partial charge in [0.1, 0.15) is 5.75 Å². The van der Waals surface area contributed by atoms with Crippen molar-refractivity contribution in [1.82, 2.24) is 0 Å². The minimum Gasteiger partial charge on any atom is -0.507 e. The summed E-state index contributed by atoms with van der Waals surface area (Å²) in [6.07, 6.45) is 1.95. The van der Waals surface area contributed by atoms with Gasteiger partial charge in [0.15, 0.2) is 0 Å². The highest BCUT2D eigenvalue weighted by atomic mass is 35.5. The SMILES string of the molecule is CSc1cc2c(CCl)csc2cc1O. The van der Waals surface area contributed by atoms with Gasteiger partial charge in [-0.1, -0.05) is 0 Å². The zero-order chi connectivity index (χ0) is 10.1. The molecule has 74 valence electrons. The minimum atomic E-state index is 0.355. The minimum absolute atomic E-state index is 0.355. The van der Waals surface area contributed by atoms with Crippen LogP contribution in [0.4, 0.5) is 0 Å². The maximum atomic E-state index is 9.64. The van der Waals surface area contributed by atoms with Crippen LogP contribution in [0.5, 0.6) is 5.75 Å². The van der Waals surface area contributed by atoms with Crippen molar-refractivity contribution >= 4 is 44.8 Å². The molecule has 0 aliphatic carbocycles. The van der Waals surface area contributed by atoms with Crippen LogP contribution in [0.15, 0.2) is 22.4 Å². The number of phenolic OH excluding ortho intramolecular Hbond substituents is 1. The molecule has 0 fully saturated rings. The molecule has 0 saturated carbocycles. The summed E-state index contributed by atoms with van der Waals surface area (Å²) in [5.41, 5.74) is 1.14. The fourth-order valence-electron chi connectivity index (χ4n) is 1.36. The van der Waals surface area contributed by atoms with Crippen molar-refractivity contribution in [3.63, 3.8) is 0 Å². The topological polar surface area (TPSA) is 20.2 Å². The Morgan fingerprint density at radius 1 is 1.50 bits per heavy atom. The maximum absolute atomic E-state index is 9.64. The first-order valence-corrected chi connectivity index (χ1v) is 6.73. The van der Waals surface area contributed by atoms with E-state index in [-0.39, 0.29) is 0 Å². The quantitative estimate of drug-likeness (QED) is 0.635. The zero-order valence-corrected chi connectivity index (χ0v) is 9.97. The van der Waals surface area contributed by atoms with Gasteiger partial charge in [-0.3, -0.25) is 0 Å². The Hall–Kier alpha value is -0.380. The molecule has 14 heavy (non-hydrogen) atoms. The van der Waals surface area contributed by atoms with Gasteiger partial charge in [0, 0.05) is 15.5 Å². The van der Waals surface area contributed by atoms with E-state index < -0.39 is 0 Å². The van der Waals surface area contributed by atoms with E-state index in [0.29, 0.717) is 11.6 Å². The molecule has 0 aliphatic rings. The van der Waals surface area contributed by atoms with E-state index in [0.717, 1.165) is 20.5 Å². The van der Waals surface area contributed by atoms with Gasteiger partial charge in [0.05, 0.1) is 0 Å². The molecule has 1 nitrogen and oxygen atoms in total. The molecular formula is C10H9ClOS2. The lowest BCUT2D eigenvalue weighted by Crippen LogP contribution is -1.76. The second-order valence-corrected chi connectivity index (χ2v) is 4.94. The van der Waals surface area contributed by atoms with Gasteiger partial charge in [0.2, 0.25) is 0 Å². The molecule has 1 heterocycles. The van der Waals surface area contributed by atoms with Crippen molar-refractivity contribution < 1.29 is 5.11 Å². The van der Waals surface area contributed by atoms with Crippen molar-refractivity contribution in [2.75, 3.05) is 6.26 Å². The Labute approximate surface area is 95.7 Å². The van der Waals surface area contributed by atoms with E-state index >= 15 is 0 Å². The number of hydrogen-bond acceptors (Lipinski definition) is 3. The van der Waals surface area contributed by atoms with E-state index in [2.05, 4.69) is 0 Å². The number of aromatic hydroxyl groups is 1. The summed E-state index contributed by atoms with van der Waals surface area (Å²) in [4.78, 5) is 0.905. The third-order valence-corrected chi connectivity index (χ3v) is 4.15. The zero-order valence-electron chi connectivity index (χ0n) is 7.58. The molecule has 0 spiro atoms. The van der Waals surface area contributed by atoms with Crippen LogP contribution >= 0.6 is 34.7 Å². The monoisotopic (exact) mass is 244 g/mol. The molecule has 1 N–H and O–H groups in total. The average molecular weight is 245 g/mol. The smallest absolute Gasteiger partial charge is 0.130 e. The first-order chi connectivity index (χ1) is 6.76. The molecule has 0 aliphatic heterocycles. The second kappa shape index (κ2) is 4.01. The molecule has 0 bridgehead atoms. The number of halogens is 1. The molecule has 1 aromatic carbocycles. The van der Waals surface area contributed by atoms with Gasteiger partial charge in [-0.25, -0.2) is 0 Å². The molecule has 0 amide bonds. The Morgan fingerprint density at radius 3 is 2.93 bits per heavy atom. The summed E-state index contributed by atoms with van der Waals surface area (Å²) < 4.78 is 1.09. The molecule has 0 atom stereocenters. The number of thioether (sulfide) groups is 1. The Bertz CT molecular complexity index is 464. The molecule has 2 rings (SSSR count). The third kappa shape index (κ3) is 1.60. The second-order valence-electron chi connectivity index (χ2n) is 2.91. The number of rotatable bonds is 2. The van der Waals surface area contributed by atoms with Crippen LogP contribution in [0.3, 0.4) is 0 Å². The van der Waals surface area contributed by atoms with Crippen molar-refractivity contribution in [2.45, 2.75) is 10.8 Å². The summed E-state index contributed by atoms with van der Waals surface area (Å²) in [5, 5.41) is 12.8. The van der Waals surface area contributed by atoms with Crippen LogP contribution in [-0.2, 0) is 5.88 Å². The summed E-state index contributed by atoms with van der Waals surface area (Å²) in [5.74, 6) is 0.881.